The highest BCUT2D eigenvalue weighted by Gasteiger charge is 2.30. The van der Waals surface area contributed by atoms with Crippen LogP contribution in [0.1, 0.15) is 71.1 Å². The van der Waals surface area contributed by atoms with Gasteiger partial charge in [0, 0.05) is 31.5 Å². The Kier molecular flexibility index (Phi) is 15.5. The first kappa shape index (κ1) is 42.9. The van der Waals surface area contributed by atoms with E-state index in [1.165, 1.54) is 16.2 Å². The number of hydrogen-bond acceptors (Lipinski definition) is 13. The van der Waals surface area contributed by atoms with Crippen LogP contribution in [-0.4, -0.2) is 90.3 Å². The van der Waals surface area contributed by atoms with Crippen LogP contribution >= 0.6 is 57.5 Å². The standard InChI is InChI=1S/C18H17ClFN5OS.C7H2Cl2N2O2S.C7H10N2.C4H8FN/c1-10(12-4-2-3-6-21-12)22-18-23-13-8-14(19)27-16(13)15(24-18)17(26)25-7-5-11(20)9-25;8-3-1-2-5(14-3)4(6(12)13)11-7(9)10-2;1-6(8)7-4-2-3-5-9-7;5-4-1-2-6-3-4/h2-4,6,8,10-11H,5,7,9H2,1H3,(H,22,23,24);1H,(H,12,13);2-6H,8H2,1H3;4,6H,1-3H2/t10-,11+;;6-;4-/m0.01/s1. The minimum atomic E-state index is -1.14. The number of nitrogens with two attached hydrogens (primary N) is 1. The van der Waals surface area contributed by atoms with Crippen molar-refractivity contribution >= 4 is 95.7 Å². The Labute approximate surface area is 343 Å². The second-order valence-corrected chi connectivity index (χ2v) is 16.2. The van der Waals surface area contributed by atoms with Crippen LogP contribution in [0.25, 0.3) is 20.4 Å². The molecule has 8 heterocycles. The number of thiophene rings is 2. The smallest absolute Gasteiger partial charge is 0.356 e. The molecule has 4 atom stereocenters. The molecule has 6 aromatic rings. The van der Waals surface area contributed by atoms with Gasteiger partial charge in [0.15, 0.2) is 11.4 Å². The molecule has 2 fully saturated rings. The second kappa shape index (κ2) is 20.3. The number of hydrogen-bond donors (Lipinski definition) is 4. The van der Waals surface area contributed by atoms with Crippen LogP contribution in [0.5, 0.6) is 0 Å². The number of carbonyl (C=O) groups is 2. The molecule has 296 valence electrons. The van der Waals surface area contributed by atoms with Gasteiger partial charge in [0.1, 0.15) is 12.3 Å². The third-order valence-corrected chi connectivity index (χ3v) is 10.8. The van der Waals surface area contributed by atoms with E-state index < -0.39 is 18.3 Å². The van der Waals surface area contributed by atoms with E-state index in [0.29, 0.717) is 61.0 Å². The van der Waals surface area contributed by atoms with E-state index in [0.717, 1.165) is 29.3 Å². The number of pyridine rings is 2. The summed E-state index contributed by atoms with van der Waals surface area (Å²) in [5, 5.41) is 14.8. The van der Waals surface area contributed by atoms with Crippen molar-refractivity contribution in [3.8, 4) is 0 Å². The van der Waals surface area contributed by atoms with E-state index in [1.807, 2.05) is 50.2 Å². The number of rotatable bonds is 6. The van der Waals surface area contributed by atoms with E-state index in [2.05, 4.69) is 40.5 Å². The van der Waals surface area contributed by atoms with Gasteiger partial charge >= 0.3 is 5.97 Å². The zero-order valence-electron chi connectivity index (χ0n) is 30.0. The Morgan fingerprint density at radius 3 is 2.00 bits per heavy atom. The lowest BCUT2D eigenvalue weighted by molar-refractivity contribution is 0.0692. The number of fused-ring (bicyclic) bond motifs is 2. The molecule has 1 amide bonds. The SMILES string of the molecule is C[C@H](N)c1ccccn1.C[C@H](Nc1nc(C(=O)N2CC[C@@H](F)C2)c2sc(Cl)cc2n1)c1ccccn1.F[C@@H]1CCNC1.O=C(O)c1nc(Cl)nc2cc(Cl)sc12. The fourth-order valence-corrected chi connectivity index (χ4v) is 7.80. The van der Waals surface area contributed by atoms with Gasteiger partial charge in [0.2, 0.25) is 11.2 Å². The number of nitrogens with one attached hydrogen (secondary N) is 2. The van der Waals surface area contributed by atoms with Gasteiger partial charge in [-0.05, 0) is 81.2 Å². The summed E-state index contributed by atoms with van der Waals surface area (Å²) in [5.41, 5.74) is 8.51. The average molecular weight is 866 g/mol. The number of amides is 1. The van der Waals surface area contributed by atoms with Crippen molar-refractivity contribution < 1.29 is 23.5 Å². The van der Waals surface area contributed by atoms with Crippen LogP contribution in [0, 0.1) is 0 Å². The van der Waals surface area contributed by atoms with Crippen LogP contribution in [0.4, 0.5) is 14.7 Å². The highest BCUT2D eigenvalue weighted by Crippen LogP contribution is 2.33. The minimum absolute atomic E-state index is 0.0474. The Bertz CT molecular complexity index is 2230. The summed E-state index contributed by atoms with van der Waals surface area (Å²) in [5.74, 6) is -1.12. The van der Waals surface area contributed by atoms with Gasteiger partial charge in [-0.25, -0.2) is 33.5 Å². The maximum Gasteiger partial charge on any atom is 0.356 e. The molecule has 0 aliphatic carbocycles. The number of aromatic nitrogens is 6. The Morgan fingerprint density at radius 2 is 1.52 bits per heavy atom. The average Bonchev–Trinajstić information content (AvgIpc) is 3.99. The fraction of sp³-hybridized carbons (Fsp3) is 0.333. The number of halogens is 5. The number of likely N-dealkylation sites (tertiary alicyclic amines) is 1. The molecule has 6 aromatic heterocycles. The molecule has 2 aliphatic heterocycles. The summed E-state index contributed by atoms with van der Waals surface area (Å²) in [7, 11) is 0. The molecule has 0 radical (unpaired) electrons. The van der Waals surface area contributed by atoms with E-state index in [1.54, 1.807) is 24.5 Å². The summed E-state index contributed by atoms with van der Waals surface area (Å²) in [4.78, 5) is 50.0. The molecule has 0 spiro atoms. The zero-order valence-corrected chi connectivity index (χ0v) is 33.9. The van der Waals surface area contributed by atoms with Crippen LogP contribution in [-0.2, 0) is 0 Å². The maximum atomic E-state index is 13.5. The molecule has 0 unspecified atom stereocenters. The number of carboxylic acid groups (broad SMARTS) is 1. The van der Waals surface area contributed by atoms with Gasteiger partial charge in [-0.1, -0.05) is 35.3 Å². The minimum Gasteiger partial charge on any atom is -0.476 e. The van der Waals surface area contributed by atoms with Crippen molar-refractivity contribution in [2.75, 3.05) is 31.5 Å². The zero-order chi connectivity index (χ0) is 40.4. The molecular weight excluding hydrogens is 829 g/mol. The highest BCUT2D eigenvalue weighted by molar-refractivity contribution is 7.23. The Hall–Kier alpha value is -4.23. The molecule has 2 saturated heterocycles. The van der Waals surface area contributed by atoms with E-state index >= 15 is 0 Å². The van der Waals surface area contributed by atoms with Crippen molar-refractivity contribution in [2.24, 2.45) is 5.73 Å². The van der Waals surface area contributed by atoms with Crippen molar-refractivity contribution in [2.45, 2.75) is 51.1 Å². The van der Waals surface area contributed by atoms with Crippen LogP contribution < -0.4 is 16.4 Å². The summed E-state index contributed by atoms with van der Waals surface area (Å²) >= 11 is 19.8. The molecule has 20 heteroatoms. The van der Waals surface area contributed by atoms with Crippen molar-refractivity contribution in [1.82, 2.24) is 40.1 Å². The molecule has 0 aromatic carbocycles. The summed E-state index contributed by atoms with van der Waals surface area (Å²) in [6.07, 6.45) is 2.97. The van der Waals surface area contributed by atoms with Crippen LogP contribution in [0.15, 0.2) is 60.9 Å². The van der Waals surface area contributed by atoms with Gasteiger partial charge in [-0.2, -0.15) is 0 Å². The van der Waals surface area contributed by atoms with Crippen molar-refractivity contribution in [1.29, 1.82) is 0 Å². The third kappa shape index (κ3) is 11.9. The lowest BCUT2D eigenvalue weighted by Crippen LogP contribution is -2.30. The molecule has 0 bridgehead atoms. The Morgan fingerprint density at radius 1 is 0.893 bits per heavy atom. The quantitative estimate of drug-likeness (QED) is 0.118. The van der Waals surface area contributed by atoms with Gasteiger partial charge in [0.25, 0.3) is 5.91 Å². The van der Waals surface area contributed by atoms with Gasteiger partial charge in [0.05, 0.1) is 53.1 Å². The van der Waals surface area contributed by atoms with Crippen LogP contribution in [0.3, 0.4) is 0 Å². The first-order valence-electron chi connectivity index (χ1n) is 17.2. The van der Waals surface area contributed by atoms with Crippen molar-refractivity contribution in [3.05, 3.63) is 97.7 Å². The molecule has 0 saturated carbocycles. The molecule has 2 aliphatic rings. The largest absolute Gasteiger partial charge is 0.476 e. The lowest BCUT2D eigenvalue weighted by atomic mass is 10.2. The van der Waals surface area contributed by atoms with E-state index in [-0.39, 0.29) is 41.2 Å². The highest BCUT2D eigenvalue weighted by atomic mass is 35.5. The Balaban J connectivity index is 0.000000170. The summed E-state index contributed by atoms with van der Waals surface area (Å²) in [6.45, 7) is 5.77. The lowest BCUT2D eigenvalue weighted by Gasteiger charge is -2.17. The van der Waals surface area contributed by atoms with Crippen LogP contribution in [0.2, 0.25) is 14.0 Å². The van der Waals surface area contributed by atoms with Gasteiger partial charge in [-0.3, -0.25) is 14.8 Å². The van der Waals surface area contributed by atoms with E-state index in [4.69, 9.17) is 45.6 Å². The molecule has 5 N–H and O–H groups in total. The van der Waals surface area contributed by atoms with Crippen molar-refractivity contribution in [3.63, 3.8) is 0 Å². The number of anilines is 1. The van der Waals surface area contributed by atoms with E-state index in [9.17, 15) is 18.4 Å². The topological polar surface area (TPSA) is 185 Å². The number of aromatic carboxylic acids is 1. The third-order valence-electron chi connectivity index (χ3n) is 8.11. The number of carboxylic acids is 1. The predicted octanol–water partition coefficient (Wildman–Crippen LogP) is 8.21. The molecule has 56 heavy (non-hydrogen) atoms. The first-order chi connectivity index (χ1) is 26.8. The molecule has 13 nitrogen and oxygen atoms in total. The van der Waals surface area contributed by atoms with Gasteiger partial charge in [-0.15, -0.1) is 22.7 Å². The monoisotopic (exact) mass is 864 g/mol. The predicted molar refractivity (Wildman–Crippen MR) is 218 cm³/mol. The molecule has 8 rings (SSSR count). The number of carbonyl (C=O) groups excluding carboxylic acids is 1. The fourth-order valence-electron chi connectivity index (χ4n) is 5.34. The molecular formula is C36H37Cl3F2N10O3S2. The number of nitrogens with zero attached hydrogens (tertiary/aromatic N) is 7. The number of alkyl halides is 2. The second-order valence-electron chi connectivity index (χ2n) is 12.5. The summed E-state index contributed by atoms with van der Waals surface area (Å²) < 4.78 is 27.4. The maximum absolute atomic E-state index is 13.5. The normalized spacial score (nSPS) is 17.2. The summed E-state index contributed by atoms with van der Waals surface area (Å²) in [6, 6.07) is 14.5. The van der Waals surface area contributed by atoms with Gasteiger partial charge < -0.3 is 26.4 Å². The first-order valence-corrected chi connectivity index (χ1v) is 20.0.